The summed E-state index contributed by atoms with van der Waals surface area (Å²) in [5, 5.41) is 182. The first kappa shape index (κ1) is 161. The zero-order valence-corrected chi connectivity index (χ0v) is 80.2. The molecule has 2 aliphatic carbocycles. The molecule has 6 unspecified atom stereocenters. The van der Waals surface area contributed by atoms with E-state index in [1.807, 2.05) is 0 Å². The van der Waals surface area contributed by atoms with Crippen molar-refractivity contribution < 1.29 is 256 Å². The van der Waals surface area contributed by atoms with E-state index in [0.717, 1.165) is 84.3 Å². The molecule has 52 heteroatoms. The fourth-order valence-electron chi connectivity index (χ4n) is 7.37. The van der Waals surface area contributed by atoms with Crippen LogP contribution in [0.4, 0.5) is 0 Å². The molecule has 141 heavy (non-hydrogen) atoms. The van der Waals surface area contributed by atoms with Crippen molar-refractivity contribution >= 4 is 177 Å². The van der Waals surface area contributed by atoms with Crippen molar-refractivity contribution in [1.29, 1.82) is 0 Å². The molecular weight excluding hydrogens is 1900 g/mol. The fraction of sp³-hybridized carbons (Fsp3) is 0.618. The summed E-state index contributed by atoms with van der Waals surface area (Å²) in [4.78, 5) is 302. The Morgan fingerprint density at radius 3 is 0.702 bits per heavy atom. The van der Waals surface area contributed by atoms with Crippen molar-refractivity contribution in [2.75, 3.05) is 0 Å². The Morgan fingerprint density at radius 1 is 0.298 bits per heavy atom. The number of allylic oxidation sites excluding steroid dienone is 1. The highest BCUT2D eigenvalue weighted by atomic mass is 16.4. The molecule has 0 saturated heterocycles. The Kier molecular flexibility index (Phi) is 108. The number of Topliss-reactive ketones (excluding diaryl/α,β-unsaturated/α-hetero) is 12. The van der Waals surface area contributed by atoms with E-state index in [9.17, 15) is 144 Å². The van der Waals surface area contributed by atoms with E-state index < -0.39 is 184 Å². The number of aliphatic hydroxyl groups excluding tert-OH is 5. The topological polar surface area (TPSA) is 957 Å². The van der Waals surface area contributed by atoms with Gasteiger partial charge in [0.2, 0.25) is 5.78 Å². The molecule has 2 saturated carbocycles. The lowest BCUT2D eigenvalue weighted by atomic mass is 9.66. The molecule has 0 radical (unpaired) electrons. The number of hydrogen-bond acceptors (Lipinski definition) is 35. The first-order chi connectivity index (χ1) is 63.1. The third-order valence-corrected chi connectivity index (χ3v) is 16.6. The summed E-state index contributed by atoms with van der Waals surface area (Å²) < 4.78 is 0. The number of carbonyl (C=O) groups is 30. The Labute approximate surface area is 812 Å². The Morgan fingerprint density at radius 2 is 0.560 bits per heavy atom. The minimum absolute atomic E-state index is 0. The summed E-state index contributed by atoms with van der Waals surface area (Å²) in [6, 6.07) is 0. The van der Waals surface area contributed by atoms with Gasteiger partial charge in [-0.15, -0.1) is 0 Å². The summed E-state index contributed by atoms with van der Waals surface area (Å²) in [6.07, 6.45) is 6.78. The monoisotopic (exact) mass is 2040 g/mol. The zero-order chi connectivity index (χ0) is 113. The van der Waals surface area contributed by atoms with Crippen LogP contribution < -0.4 is 0 Å². The van der Waals surface area contributed by atoms with Crippen LogP contribution >= 0.6 is 0 Å². The minimum atomic E-state index is -2.25. The Balaban J connectivity index is -0.0000000931. The van der Waals surface area contributed by atoms with Gasteiger partial charge in [-0.3, -0.25) is 95.9 Å². The average molecular weight is 2050 g/mol. The molecule has 0 aromatic heterocycles. The molecule has 6 atom stereocenters. The van der Waals surface area contributed by atoms with E-state index in [0.29, 0.717) is 89.2 Å². The Bertz CT molecular complexity index is 3770. The third-order valence-electron chi connectivity index (χ3n) is 16.6. The van der Waals surface area contributed by atoms with Crippen molar-refractivity contribution in [3.63, 3.8) is 0 Å². The van der Waals surface area contributed by atoms with Crippen LogP contribution in [-0.4, -0.2) is 320 Å². The van der Waals surface area contributed by atoms with Crippen LogP contribution in [0.25, 0.3) is 0 Å². The van der Waals surface area contributed by atoms with Crippen molar-refractivity contribution in [3.05, 3.63) is 24.3 Å². The van der Waals surface area contributed by atoms with Crippen LogP contribution in [0, 0.1) is 22.2 Å². The van der Waals surface area contributed by atoms with Gasteiger partial charge < -0.3 is 136 Å². The van der Waals surface area contributed by atoms with E-state index in [-0.39, 0.29) is 111 Å². The second-order valence-electron chi connectivity index (χ2n) is 29.9. The van der Waals surface area contributed by atoms with Crippen LogP contribution in [0.15, 0.2) is 24.3 Å². The smallest absolute Gasteiger partial charge is 0.371 e. The predicted octanol–water partition coefficient (Wildman–Crippen LogP) is 5.67. The maximum absolute atomic E-state index is 10.8. The molecule has 0 amide bonds. The van der Waals surface area contributed by atoms with E-state index >= 15 is 0 Å². The highest BCUT2D eigenvalue weighted by Crippen LogP contribution is 2.46. The van der Waals surface area contributed by atoms with Crippen molar-refractivity contribution in [1.82, 2.24) is 0 Å². The molecule has 812 valence electrons. The number of hydrogen-bond donors (Lipinski definition) is 22. The number of carboxylic acid groups (broad SMARTS) is 17. The molecule has 0 aromatic carbocycles. The van der Waals surface area contributed by atoms with Gasteiger partial charge in [-0.1, -0.05) is 47.0 Å². The van der Waals surface area contributed by atoms with Gasteiger partial charge in [-0.2, -0.15) is 0 Å². The zero-order valence-electron chi connectivity index (χ0n) is 80.2. The largest absolute Gasteiger partial charge is 0.481 e. The number of carboxylic acids is 17. The predicted molar refractivity (Wildman–Crippen MR) is 488 cm³/mol. The lowest BCUT2D eigenvalue weighted by Crippen LogP contribution is -2.49. The maximum Gasteiger partial charge on any atom is 0.371 e. The van der Waals surface area contributed by atoms with Gasteiger partial charge in [-0.25, -0.2) is 24.0 Å². The highest BCUT2D eigenvalue weighted by Gasteiger charge is 2.54. The highest BCUT2D eigenvalue weighted by molar-refractivity contribution is 6.31. The number of ketones is 13. The molecule has 52 nitrogen and oxygen atoms in total. The molecule has 0 aliphatic heterocycles. The van der Waals surface area contributed by atoms with Crippen LogP contribution in [0.2, 0.25) is 0 Å². The molecule has 0 aromatic rings. The van der Waals surface area contributed by atoms with Gasteiger partial charge in [-0.05, 0) is 181 Å². The third kappa shape index (κ3) is 124. The maximum atomic E-state index is 10.8. The second-order valence-corrected chi connectivity index (χ2v) is 29.9. The van der Waals surface area contributed by atoms with E-state index in [2.05, 4.69) is 0 Å². The van der Waals surface area contributed by atoms with Crippen molar-refractivity contribution in [3.8, 4) is 0 Å². The number of unbranched alkanes of at least 4 members (excludes halogenated alkanes) is 7. The van der Waals surface area contributed by atoms with E-state index in [4.69, 9.17) is 112 Å². The molecule has 0 bridgehead atoms. The SMILES string of the molecule is C.C.CC(=O)/C=C/C(=O)O.CC(=O)C(=O)O.CC(=O)C(C)(C)C(=O)O.CC(=O)C(C)C(=O)O.CC(=O)C(O)C(O)C(O)C(O)C(=O)O.CC(=O)C(O)CC(=O)O.CC(=O)C1(C(=O)O)CC1.CC(=O)C1(C(=O)O)CCC1.CC(=O)CCC(=O)O.CC(=O)CCCC(=O)O.CC(=O)CCCCC(=O)O.CC(=O)CCCCCC(=O)O.CC(=O)CCCCCCCC(=O)O.O=C(O)/C=C\C(=O)O.O=C(O)CC(=O)O. The lowest BCUT2D eigenvalue weighted by molar-refractivity contribution is -0.165. The summed E-state index contributed by atoms with van der Waals surface area (Å²) in [6.45, 7) is 21.3. The molecule has 2 aliphatic rings. The lowest BCUT2D eigenvalue weighted by Gasteiger charge is -2.34. The van der Waals surface area contributed by atoms with Gasteiger partial charge in [0.1, 0.15) is 105 Å². The molecular formula is C89H144O52. The number of carbonyl (C=O) groups excluding carboxylic acids is 13. The van der Waals surface area contributed by atoms with Gasteiger partial charge in [0.15, 0.2) is 23.5 Å². The summed E-state index contributed by atoms with van der Waals surface area (Å²) in [5.41, 5.74) is -3.19. The van der Waals surface area contributed by atoms with Crippen LogP contribution in [0.1, 0.15) is 305 Å². The van der Waals surface area contributed by atoms with Crippen LogP contribution in [0.5, 0.6) is 0 Å². The summed E-state index contributed by atoms with van der Waals surface area (Å²) in [7, 11) is 0. The first-order valence-corrected chi connectivity index (χ1v) is 41.2. The van der Waals surface area contributed by atoms with Crippen LogP contribution in [-0.2, 0) is 144 Å². The number of aliphatic carboxylic acids is 17. The Hall–Kier alpha value is -14.0. The summed E-state index contributed by atoms with van der Waals surface area (Å²) >= 11 is 0. The molecule has 2 rings (SSSR count). The van der Waals surface area contributed by atoms with Gasteiger partial charge in [0.25, 0.3) is 0 Å². The van der Waals surface area contributed by atoms with Gasteiger partial charge >= 0.3 is 101 Å². The first-order valence-electron chi connectivity index (χ1n) is 41.2. The quantitative estimate of drug-likeness (QED) is 0.0151. The fourth-order valence-corrected chi connectivity index (χ4v) is 7.37. The van der Waals surface area contributed by atoms with E-state index in [1.54, 1.807) is 13.8 Å². The standard InChI is InChI=1S/C10H18O3.C8H14O3.C7H12O7.C7H10O3.C7H12O3.C6H8O3.2C6H10O3.C5H8O4.C5H8O3.C5H6O3.C5H8O3.C4H4O4.C3H4O4.C3H4O3.2CH4/c1-9(11)7-5-3-2-4-6-8-10(12)13;1-7(9)5-3-2-4-6-8(10)11;1-2(8)3(9)4(10)5(11)6(12)7(13)14;1-5(8)7(6(9)10)3-2-4-7;1-6(8)4-2-3-5-7(9)10;1-4(7)6(2-3-6)5(8)9;1-4(7)6(2,3)5(8)9;1-5(7)3-2-4-6(8)9;1-3(6)4(7)2-5(8)9;2*1-4(6)2-3-5(7)8;1-3(4(2)6)5(7)8;5-3(6)1-2-4(7)8;4-2(5)1-3(6)7;1-2(4)3(5)6;;/h2-8H2,1H3,(H,12,13);2-6H2,1H3,(H,10,11);3-6,9-12H,1H3,(H,13,14);2-4H2,1H3,(H,9,10);2-5H2,1H3,(H,9,10);2-3H2,1H3,(H,8,9);1-3H3,(H,8,9);2-4H2,1H3,(H,8,9);4,7H,2H2,1H3,(H,8,9);2-3H2,1H3,(H,7,8);2-3H,1H3,(H,7,8);3H,1-2H3,(H,7,8);1-2H,(H,5,6)(H,7,8);1H2,(H,4,5)(H,6,7);1H3,(H,5,6);2*1H4/b;;;;;;;;;;3-2+;;2-1-;;;;. The molecule has 0 spiro atoms. The second kappa shape index (κ2) is 94.9. The van der Waals surface area contributed by atoms with Crippen LogP contribution in [0.3, 0.4) is 0 Å². The van der Waals surface area contributed by atoms with E-state index in [1.165, 1.54) is 76.2 Å². The molecule has 0 heterocycles. The number of aliphatic hydroxyl groups is 5. The van der Waals surface area contributed by atoms with Gasteiger partial charge in [0.05, 0.1) is 12.8 Å². The average Bonchev–Trinajstić information content (AvgIpc) is 1.67. The molecule has 22 N–H and O–H groups in total. The normalized spacial score (nSPS) is 12.2. The summed E-state index contributed by atoms with van der Waals surface area (Å²) in [5.74, 6) is -22.4. The van der Waals surface area contributed by atoms with Gasteiger partial charge in [0, 0.05) is 82.9 Å². The van der Waals surface area contributed by atoms with Crippen molar-refractivity contribution in [2.45, 2.75) is 336 Å². The minimum Gasteiger partial charge on any atom is -0.481 e. The molecule has 2 fully saturated rings. The number of rotatable bonds is 49. The van der Waals surface area contributed by atoms with Crippen molar-refractivity contribution in [2.24, 2.45) is 22.2 Å².